The van der Waals surface area contributed by atoms with Crippen LogP contribution in [-0.4, -0.2) is 38.4 Å². The highest BCUT2D eigenvalue weighted by atomic mass is 17.3. The zero-order valence-electron chi connectivity index (χ0n) is 20.2. The molecule has 0 aliphatic rings. The van der Waals surface area contributed by atoms with E-state index in [1.165, 1.54) is 24.3 Å². The number of hydrogen-bond donors (Lipinski definition) is 0. The second-order valence-electron chi connectivity index (χ2n) is 7.29. The molecule has 9 heteroatoms. The van der Waals surface area contributed by atoms with E-state index >= 15 is 0 Å². The van der Waals surface area contributed by atoms with Crippen molar-refractivity contribution in [2.24, 2.45) is 0 Å². The Hall–Kier alpha value is -3.14. The number of carbonyl (C=O) groups excluding carboxylic acids is 2. The molecule has 0 aliphatic carbocycles. The first-order valence-electron chi connectivity index (χ1n) is 11.5. The van der Waals surface area contributed by atoms with Gasteiger partial charge in [0.05, 0.1) is 24.3 Å². The molecule has 0 atom stereocenters. The van der Waals surface area contributed by atoms with Gasteiger partial charge in [-0.15, -0.1) is 9.78 Å². The summed E-state index contributed by atoms with van der Waals surface area (Å²) in [6.45, 7) is 8.67. The lowest BCUT2D eigenvalue weighted by molar-refractivity contribution is -0.368. The Bertz CT molecular complexity index is 796. The summed E-state index contributed by atoms with van der Waals surface area (Å²) in [5.41, 5.74) is 0.451. The summed E-state index contributed by atoms with van der Waals surface area (Å²) in [6, 6.07) is 12.8. The quantitative estimate of drug-likeness (QED) is 0.168. The summed E-state index contributed by atoms with van der Waals surface area (Å²) in [5.74, 6) is -0.290. The molecule has 2 rings (SSSR count). The average molecular weight is 489 g/mol. The molecular formula is C26H32O9. The average Bonchev–Trinajstić information content (AvgIpc) is 2.89. The summed E-state index contributed by atoms with van der Waals surface area (Å²) < 4.78 is 16.2. The zero-order valence-corrected chi connectivity index (χ0v) is 20.2. The van der Waals surface area contributed by atoms with Gasteiger partial charge in [0, 0.05) is 6.61 Å². The van der Waals surface area contributed by atoms with Crippen LogP contribution in [0.25, 0.3) is 0 Å². The fourth-order valence-electron chi connectivity index (χ4n) is 2.53. The van der Waals surface area contributed by atoms with E-state index < -0.39 is 18.2 Å². The highest BCUT2D eigenvalue weighted by Gasteiger charge is 2.22. The van der Waals surface area contributed by atoms with E-state index in [9.17, 15) is 9.59 Å². The van der Waals surface area contributed by atoms with Crippen molar-refractivity contribution in [1.82, 2.24) is 0 Å². The number of benzene rings is 2. The molecule has 0 heterocycles. The van der Waals surface area contributed by atoms with E-state index in [0.29, 0.717) is 24.7 Å². The number of carbonyl (C=O) groups is 2. The van der Waals surface area contributed by atoms with Gasteiger partial charge < -0.3 is 14.2 Å². The summed E-state index contributed by atoms with van der Waals surface area (Å²) in [6.07, 6.45) is 3.53. The third-order valence-corrected chi connectivity index (χ3v) is 4.50. The van der Waals surface area contributed by atoms with Gasteiger partial charge in [-0.2, -0.15) is 0 Å². The predicted molar refractivity (Wildman–Crippen MR) is 126 cm³/mol. The monoisotopic (exact) mass is 488 g/mol. The van der Waals surface area contributed by atoms with Crippen LogP contribution >= 0.6 is 0 Å². The second kappa shape index (κ2) is 16.5. The number of ether oxygens (including phenoxy) is 3. The summed E-state index contributed by atoms with van der Waals surface area (Å²) in [7, 11) is 0. The van der Waals surface area contributed by atoms with Crippen LogP contribution < -0.4 is 9.47 Å². The molecule has 190 valence electrons. The molecule has 0 saturated heterocycles. The number of hydrogen-bond acceptors (Lipinski definition) is 9. The SMILES string of the molecule is [CH2]COC[C](OOC(=O)c1ccc(OCCCC)cc1)OOC(=O)c1ccc(OCCCC)cc1. The van der Waals surface area contributed by atoms with Gasteiger partial charge in [-0.25, -0.2) is 9.59 Å². The third kappa shape index (κ3) is 10.8. The summed E-state index contributed by atoms with van der Waals surface area (Å²) >= 11 is 0. The van der Waals surface area contributed by atoms with E-state index in [4.69, 9.17) is 33.8 Å². The van der Waals surface area contributed by atoms with Crippen LogP contribution in [0, 0.1) is 13.2 Å². The van der Waals surface area contributed by atoms with E-state index in [2.05, 4.69) is 20.8 Å². The van der Waals surface area contributed by atoms with Gasteiger partial charge in [-0.05, 0) is 68.3 Å². The van der Waals surface area contributed by atoms with Crippen molar-refractivity contribution < 1.29 is 43.3 Å². The summed E-state index contributed by atoms with van der Waals surface area (Å²) in [5, 5.41) is 0. The van der Waals surface area contributed by atoms with Crippen molar-refractivity contribution in [1.29, 1.82) is 0 Å². The fraction of sp³-hybridized carbons (Fsp3) is 0.385. The Balaban J connectivity index is 1.83. The molecule has 0 unspecified atom stereocenters. The molecule has 2 aromatic carbocycles. The van der Waals surface area contributed by atoms with Crippen molar-refractivity contribution in [2.75, 3.05) is 26.4 Å². The van der Waals surface area contributed by atoms with Gasteiger partial charge in [0.2, 0.25) is 0 Å². The second-order valence-corrected chi connectivity index (χ2v) is 7.29. The number of rotatable bonds is 17. The maximum Gasteiger partial charge on any atom is 0.373 e. The van der Waals surface area contributed by atoms with Crippen molar-refractivity contribution in [3.8, 4) is 11.5 Å². The van der Waals surface area contributed by atoms with Crippen LogP contribution in [0.3, 0.4) is 0 Å². The van der Waals surface area contributed by atoms with Crippen molar-refractivity contribution in [3.05, 3.63) is 72.9 Å². The zero-order chi connectivity index (χ0) is 25.3. The molecule has 0 saturated carbocycles. The lowest BCUT2D eigenvalue weighted by atomic mass is 10.2. The minimum Gasteiger partial charge on any atom is -0.494 e. The molecule has 0 N–H and O–H groups in total. The largest absolute Gasteiger partial charge is 0.494 e. The van der Waals surface area contributed by atoms with Gasteiger partial charge in [0.15, 0.2) is 0 Å². The van der Waals surface area contributed by atoms with E-state index in [1.54, 1.807) is 24.3 Å². The van der Waals surface area contributed by atoms with Crippen molar-refractivity contribution in [2.45, 2.75) is 39.5 Å². The molecule has 0 spiro atoms. The van der Waals surface area contributed by atoms with Crippen LogP contribution in [0.15, 0.2) is 48.5 Å². The van der Waals surface area contributed by atoms with Gasteiger partial charge in [-0.1, -0.05) is 26.7 Å². The van der Waals surface area contributed by atoms with Gasteiger partial charge in [0.1, 0.15) is 18.1 Å². The van der Waals surface area contributed by atoms with Gasteiger partial charge in [0.25, 0.3) is 0 Å². The Morgan fingerprint density at radius 3 is 1.49 bits per heavy atom. The number of unbranched alkanes of at least 4 members (excludes halogenated alkanes) is 2. The molecule has 0 aromatic heterocycles. The first-order chi connectivity index (χ1) is 17.1. The summed E-state index contributed by atoms with van der Waals surface area (Å²) in [4.78, 5) is 43.8. The van der Waals surface area contributed by atoms with Crippen LogP contribution in [0.2, 0.25) is 0 Å². The molecule has 35 heavy (non-hydrogen) atoms. The third-order valence-electron chi connectivity index (χ3n) is 4.50. The van der Waals surface area contributed by atoms with E-state index in [0.717, 1.165) is 25.7 Å². The van der Waals surface area contributed by atoms with Crippen LogP contribution in [-0.2, 0) is 24.3 Å². The maximum absolute atomic E-state index is 12.3. The first-order valence-corrected chi connectivity index (χ1v) is 11.5. The Morgan fingerprint density at radius 2 is 1.11 bits per heavy atom. The van der Waals surface area contributed by atoms with Crippen LogP contribution in [0.5, 0.6) is 11.5 Å². The minimum atomic E-state index is -0.786. The highest BCUT2D eigenvalue weighted by Crippen LogP contribution is 2.17. The lowest BCUT2D eigenvalue weighted by Gasteiger charge is -2.13. The van der Waals surface area contributed by atoms with Gasteiger partial charge in [-0.3, -0.25) is 9.78 Å². The van der Waals surface area contributed by atoms with Crippen LogP contribution in [0.1, 0.15) is 60.2 Å². The maximum atomic E-state index is 12.3. The predicted octanol–water partition coefficient (Wildman–Crippen LogP) is 5.26. The molecule has 2 aromatic rings. The smallest absolute Gasteiger partial charge is 0.373 e. The highest BCUT2D eigenvalue weighted by molar-refractivity contribution is 5.89. The Labute approximate surface area is 206 Å². The molecule has 0 bridgehead atoms. The molecular weight excluding hydrogens is 456 g/mol. The molecule has 0 amide bonds. The lowest BCUT2D eigenvalue weighted by Crippen LogP contribution is -2.20. The fourth-order valence-corrected chi connectivity index (χ4v) is 2.53. The Kier molecular flexibility index (Phi) is 13.2. The van der Waals surface area contributed by atoms with Crippen LogP contribution in [0.4, 0.5) is 0 Å². The molecule has 0 fully saturated rings. The van der Waals surface area contributed by atoms with Crippen molar-refractivity contribution in [3.63, 3.8) is 0 Å². The minimum absolute atomic E-state index is 0.0805. The molecule has 9 nitrogen and oxygen atoms in total. The normalized spacial score (nSPS) is 10.7. The Morgan fingerprint density at radius 1 is 0.686 bits per heavy atom. The van der Waals surface area contributed by atoms with E-state index in [1.807, 2.05) is 0 Å². The standard InChI is InChI=1S/C26H32O9/c1-4-7-17-30-22-13-9-20(10-14-22)25(27)34-32-24(19-29-6-3)33-35-26(28)21-11-15-23(16-12-21)31-18-8-5-2/h9-16H,3-8,17-19H2,1-2H3. The molecule has 0 aliphatic heterocycles. The van der Waals surface area contributed by atoms with Gasteiger partial charge >= 0.3 is 18.2 Å². The van der Waals surface area contributed by atoms with E-state index in [-0.39, 0.29) is 24.3 Å². The first kappa shape index (κ1) is 28.1. The topological polar surface area (TPSA) is 98.8 Å². The van der Waals surface area contributed by atoms with Crippen molar-refractivity contribution >= 4 is 11.9 Å². The molecule has 2 radical (unpaired) electrons.